The fourth-order valence-electron chi connectivity index (χ4n) is 4.35. The molecular weight excluding hydrogens is 284 g/mol. The van der Waals surface area contributed by atoms with Crippen molar-refractivity contribution in [2.75, 3.05) is 63.0 Å². The number of anilines is 2. The highest BCUT2D eigenvalue weighted by Gasteiger charge is 2.46. The molecule has 0 amide bonds. The Morgan fingerprint density at radius 3 is 2.19 bits per heavy atom. The minimum Gasteiger partial charge on any atom is -0.399 e. The smallest absolute Gasteiger partial charge is 0.109 e. The molecule has 0 radical (unpaired) electrons. The van der Waals surface area contributed by atoms with E-state index in [4.69, 9.17) is 5.73 Å². The van der Waals surface area contributed by atoms with E-state index in [0.29, 0.717) is 0 Å². The lowest BCUT2D eigenvalue weighted by atomic mass is 10.0. The molecule has 4 heterocycles. The summed E-state index contributed by atoms with van der Waals surface area (Å²) in [4.78, 5) is 5.19. The second kappa shape index (κ2) is 5.67. The highest BCUT2D eigenvalue weighted by atomic mass is 35.5. The molecule has 2 N–H and O–H groups in total. The number of quaternary nitrogens is 1. The molecule has 5 rings (SSSR count). The molecule has 0 spiro atoms. The third-order valence-electron chi connectivity index (χ3n) is 5.78. The van der Waals surface area contributed by atoms with Crippen molar-refractivity contribution in [1.29, 1.82) is 0 Å². The Labute approximate surface area is 133 Å². The fourth-order valence-corrected chi connectivity index (χ4v) is 4.35. The largest absolute Gasteiger partial charge is 0.399 e. The van der Waals surface area contributed by atoms with Crippen LogP contribution in [0.3, 0.4) is 0 Å². The van der Waals surface area contributed by atoms with Crippen LogP contribution in [0.2, 0.25) is 0 Å². The molecule has 1 aromatic carbocycles. The average Bonchev–Trinajstić information content (AvgIpc) is 3.01. The predicted molar refractivity (Wildman–Crippen MR) is 90.0 cm³/mol. The Bertz CT molecular complexity index is 468. The van der Waals surface area contributed by atoms with Gasteiger partial charge in [0.05, 0.1) is 26.2 Å². The summed E-state index contributed by atoms with van der Waals surface area (Å²) in [6, 6.07) is 9.23. The molecular formula is C16H26ClN4+. The monoisotopic (exact) mass is 309 g/mol. The number of hydrogen-bond acceptors (Lipinski definition) is 3. The van der Waals surface area contributed by atoms with Gasteiger partial charge >= 0.3 is 0 Å². The molecule has 2 bridgehead atoms. The van der Waals surface area contributed by atoms with Gasteiger partial charge in [-0.15, -0.1) is 12.4 Å². The van der Waals surface area contributed by atoms with Crippen LogP contribution in [0.4, 0.5) is 11.4 Å². The van der Waals surface area contributed by atoms with E-state index < -0.39 is 0 Å². The van der Waals surface area contributed by atoms with Crippen molar-refractivity contribution in [2.45, 2.75) is 12.5 Å². The van der Waals surface area contributed by atoms with Gasteiger partial charge in [-0.3, -0.25) is 4.90 Å². The maximum atomic E-state index is 5.79. The van der Waals surface area contributed by atoms with Gasteiger partial charge in [-0.25, -0.2) is 0 Å². The van der Waals surface area contributed by atoms with E-state index in [1.807, 2.05) is 12.1 Å². The van der Waals surface area contributed by atoms with Crippen LogP contribution in [0.25, 0.3) is 0 Å². The van der Waals surface area contributed by atoms with Crippen molar-refractivity contribution >= 4 is 23.8 Å². The molecule has 21 heavy (non-hydrogen) atoms. The molecule has 0 aromatic heterocycles. The van der Waals surface area contributed by atoms with Gasteiger partial charge in [0.2, 0.25) is 0 Å². The van der Waals surface area contributed by atoms with Gasteiger partial charge in [0.1, 0.15) is 6.04 Å². The molecule has 0 saturated carbocycles. The van der Waals surface area contributed by atoms with E-state index >= 15 is 0 Å². The van der Waals surface area contributed by atoms with Gasteiger partial charge in [-0.2, -0.15) is 0 Å². The first-order chi connectivity index (χ1) is 9.75. The van der Waals surface area contributed by atoms with Gasteiger partial charge < -0.3 is 15.1 Å². The lowest BCUT2D eigenvalue weighted by molar-refractivity contribution is -0.961. The Morgan fingerprint density at radius 2 is 1.57 bits per heavy atom. The molecule has 4 aliphatic rings. The van der Waals surface area contributed by atoms with E-state index in [0.717, 1.165) is 11.7 Å². The standard InChI is InChI=1S/C16H25N4.ClH/c17-14-1-3-15(4-2-14)19-6-5-16(13-19)20-10-7-18(8-11-20)9-12-20;/h1-4,16H,5-13,17H2;1H/q+1;. The Morgan fingerprint density at radius 1 is 0.952 bits per heavy atom. The number of nitrogens with zero attached hydrogens (tertiary/aromatic N) is 3. The van der Waals surface area contributed by atoms with E-state index in [1.54, 1.807) is 0 Å². The summed E-state index contributed by atoms with van der Waals surface area (Å²) in [5, 5.41) is 0. The number of halogens is 1. The number of benzene rings is 1. The van der Waals surface area contributed by atoms with E-state index in [-0.39, 0.29) is 12.4 Å². The number of fused-ring (bicyclic) bond motifs is 3. The topological polar surface area (TPSA) is 32.5 Å². The second-order valence-electron chi connectivity index (χ2n) is 6.71. The quantitative estimate of drug-likeness (QED) is 0.662. The number of hydrogen-bond donors (Lipinski definition) is 1. The van der Waals surface area contributed by atoms with Crippen LogP contribution in [0, 0.1) is 0 Å². The van der Waals surface area contributed by atoms with Gasteiger partial charge in [-0.05, 0) is 24.3 Å². The number of nitrogen functional groups attached to an aromatic ring is 1. The molecule has 1 unspecified atom stereocenters. The molecule has 116 valence electrons. The zero-order valence-electron chi connectivity index (χ0n) is 12.6. The van der Waals surface area contributed by atoms with Crippen LogP contribution in [-0.4, -0.2) is 67.8 Å². The summed E-state index contributed by atoms with van der Waals surface area (Å²) >= 11 is 0. The van der Waals surface area contributed by atoms with Crippen LogP contribution >= 0.6 is 12.4 Å². The normalized spacial score (nSPS) is 34.8. The molecule has 4 nitrogen and oxygen atoms in total. The third kappa shape index (κ3) is 2.60. The average molecular weight is 310 g/mol. The zero-order valence-corrected chi connectivity index (χ0v) is 13.4. The molecule has 5 heteroatoms. The minimum absolute atomic E-state index is 0. The number of nitrogens with two attached hydrogens (primary N) is 1. The van der Waals surface area contributed by atoms with E-state index in [2.05, 4.69) is 21.9 Å². The summed E-state index contributed by atoms with van der Waals surface area (Å²) in [5.41, 5.74) is 7.99. The highest BCUT2D eigenvalue weighted by molar-refractivity contribution is 5.85. The maximum absolute atomic E-state index is 5.79. The van der Waals surface area contributed by atoms with Crippen LogP contribution in [-0.2, 0) is 0 Å². The second-order valence-corrected chi connectivity index (χ2v) is 6.71. The van der Waals surface area contributed by atoms with E-state index in [1.165, 1.54) is 68.9 Å². The SMILES string of the molecule is Cl.Nc1ccc(N2CCC([N+]34CCN(CC3)CC4)C2)cc1. The van der Waals surface area contributed by atoms with Crippen LogP contribution in [0.1, 0.15) is 6.42 Å². The van der Waals surface area contributed by atoms with Crippen molar-refractivity contribution in [3.63, 3.8) is 0 Å². The Hall–Kier alpha value is -0.970. The molecule has 4 aliphatic heterocycles. The first kappa shape index (κ1) is 14.9. The lowest BCUT2D eigenvalue weighted by Gasteiger charge is -2.53. The summed E-state index contributed by atoms with van der Waals surface area (Å²) in [6.45, 7) is 10.5. The van der Waals surface area contributed by atoms with Gasteiger partial charge in [0.15, 0.2) is 0 Å². The van der Waals surface area contributed by atoms with Gasteiger partial charge in [0, 0.05) is 44.0 Å². The van der Waals surface area contributed by atoms with Crippen molar-refractivity contribution in [3.8, 4) is 0 Å². The van der Waals surface area contributed by atoms with Crippen LogP contribution in [0.15, 0.2) is 24.3 Å². The van der Waals surface area contributed by atoms with Crippen molar-refractivity contribution in [2.24, 2.45) is 0 Å². The zero-order chi connectivity index (χ0) is 13.6. The molecule has 1 aromatic rings. The number of piperazine rings is 3. The Balaban J connectivity index is 0.00000132. The first-order valence-electron chi connectivity index (χ1n) is 7.94. The van der Waals surface area contributed by atoms with E-state index in [9.17, 15) is 0 Å². The number of rotatable bonds is 2. The predicted octanol–water partition coefficient (Wildman–Crippen LogP) is 1.42. The van der Waals surface area contributed by atoms with Crippen molar-refractivity contribution in [3.05, 3.63) is 24.3 Å². The van der Waals surface area contributed by atoms with Gasteiger partial charge in [0.25, 0.3) is 0 Å². The molecule has 4 fully saturated rings. The fraction of sp³-hybridized carbons (Fsp3) is 0.625. The lowest BCUT2D eigenvalue weighted by Crippen LogP contribution is -2.71. The molecule has 1 atom stereocenters. The molecule has 0 aliphatic carbocycles. The summed E-state index contributed by atoms with van der Waals surface area (Å²) in [7, 11) is 0. The van der Waals surface area contributed by atoms with Crippen molar-refractivity contribution in [1.82, 2.24) is 4.90 Å². The summed E-state index contributed by atoms with van der Waals surface area (Å²) < 4.78 is 1.39. The first-order valence-corrected chi connectivity index (χ1v) is 7.94. The van der Waals surface area contributed by atoms with Crippen molar-refractivity contribution < 1.29 is 4.48 Å². The highest BCUT2D eigenvalue weighted by Crippen LogP contribution is 2.31. The van der Waals surface area contributed by atoms with Crippen LogP contribution in [0.5, 0.6) is 0 Å². The minimum atomic E-state index is 0. The van der Waals surface area contributed by atoms with Gasteiger partial charge in [-0.1, -0.05) is 0 Å². The summed E-state index contributed by atoms with van der Waals surface area (Å²) in [5.74, 6) is 0. The third-order valence-corrected chi connectivity index (χ3v) is 5.78. The Kier molecular flexibility index (Phi) is 4.04. The maximum Gasteiger partial charge on any atom is 0.109 e. The molecule has 4 saturated heterocycles. The van der Waals surface area contributed by atoms with Crippen LogP contribution < -0.4 is 10.6 Å². The summed E-state index contributed by atoms with van der Waals surface area (Å²) in [6.07, 6.45) is 1.35.